The number of thiophene rings is 1. The molecule has 2 aliphatic heterocycles. The van der Waals surface area contributed by atoms with Gasteiger partial charge in [-0.3, -0.25) is 4.79 Å². The number of aromatic amines is 1. The van der Waals surface area contributed by atoms with E-state index in [9.17, 15) is 21.6 Å². The predicted octanol–water partition coefficient (Wildman–Crippen LogP) is 1.66. The van der Waals surface area contributed by atoms with Crippen molar-refractivity contribution in [3.8, 4) is 0 Å². The molecule has 2 saturated heterocycles. The summed E-state index contributed by atoms with van der Waals surface area (Å²) in [4.78, 5) is 17.1. The highest BCUT2D eigenvalue weighted by atomic mass is 35.5. The molecule has 2 aromatic rings. The Morgan fingerprint density at radius 1 is 0.933 bits per heavy atom. The molecule has 0 atom stereocenters. The number of carbonyl (C=O) groups is 1. The van der Waals surface area contributed by atoms with Crippen LogP contribution in [-0.4, -0.2) is 80.5 Å². The first-order chi connectivity index (χ1) is 14.2. The molecule has 13 heteroatoms. The quantitative estimate of drug-likeness (QED) is 0.682. The lowest BCUT2D eigenvalue weighted by molar-refractivity contribution is 0.0692. The zero-order valence-corrected chi connectivity index (χ0v) is 19.2. The van der Waals surface area contributed by atoms with Gasteiger partial charge in [0.15, 0.2) is 0 Å². The smallest absolute Gasteiger partial charge is 0.270 e. The maximum Gasteiger partial charge on any atom is 0.270 e. The van der Waals surface area contributed by atoms with Gasteiger partial charge in [0.05, 0.1) is 4.34 Å². The fraction of sp³-hybridized carbons (Fsp3) is 0.471. The third-order valence-corrected chi connectivity index (χ3v) is 10.7. The molecule has 30 heavy (non-hydrogen) atoms. The Labute approximate surface area is 184 Å². The standard InChI is InChI=1S/C17H21ClN4O5S3/c18-15-3-4-16(28-15)30(26,27)22-9-7-20(8-10-22)17(23)14-11-13(12-19-14)29(24,25)21-5-1-2-6-21/h3-4,11-12,19H,1-2,5-10H2. The molecule has 0 radical (unpaired) electrons. The number of nitrogens with zero attached hydrogens (tertiary/aromatic N) is 3. The van der Waals surface area contributed by atoms with E-state index in [0.717, 1.165) is 24.2 Å². The average molecular weight is 493 g/mol. The summed E-state index contributed by atoms with van der Waals surface area (Å²) in [5.41, 5.74) is 0.175. The fourth-order valence-corrected chi connectivity index (χ4v) is 8.16. The van der Waals surface area contributed by atoms with Crippen molar-refractivity contribution in [2.45, 2.75) is 21.9 Å². The molecular formula is C17H21ClN4O5S3. The van der Waals surface area contributed by atoms with Crippen molar-refractivity contribution in [3.05, 3.63) is 34.4 Å². The van der Waals surface area contributed by atoms with E-state index in [-0.39, 0.29) is 46.9 Å². The zero-order valence-electron chi connectivity index (χ0n) is 16.0. The molecule has 0 saturated carbocycles. The molecule has 164 valence electrons. The molecule has 1 N–H and O–H groups in total. The molecule has 0 unspecified atom stereocenters. The van der Waals surface area contributed by atoms with Gasteiger partial charge in [0.25, 0.3) is 15.9 Å². The van der Waals surface area contributed by atoms with E-state index >= 15 is 0 Å². The van der Waals surface area contributed by atoms with Crippen LogP contribution in [0.15, 0.2) is 33.5 Å². The van der Waals surface area contributed by atoms with Gasteiger partial charge in [-0.15, -0.1) is 11.3 Å². The second kappa shape index (κ2) is 8.24. The van der Waals surface area contributed by atoms with Crippen LogP contribution in [0, 0.1) is 0 Å². The van der Waals surface area contributed by atoms with Crippen LogP contribution >= 0.6 is 22.9 Å². The van der Waals surface area contributed by atoms with Crippen LogP contribution in [0.2, 0.25) is 4.34 Å². The Hall–Kier alpha value is -1.44. The second-order valence-corrected chi connectivity index (χ2v) is 12.9. The van der Waals surface area contributed by atoms with Crippen molar-refractivity contribution >= 4 is 48.9 Å². The van der Waals surface area contributed by atoms with Crippen LogP contribution in [0.4, 0.5) is 0 Å². The van der Waals surface area contributed by atoms with Crippen LogP contribution < -0.4 is 0 Å². The van der Waals surface area contributed by atoms with E-state index in [4.69, 9.17) is 11.6 Å². The molecule has 0 aromatic carbocycles. The van der Waals surface area contributed by atoms with Crippen LogP contribution in [0.5, 0.6) is 0 Å². The lowest BCUT2D eigenvalue weighted by Gasteiger charge is -2.33. The van der Waals surface area contributed by atoms with Gasteiger partial charge in [-0.2, -0.15) is 8.61 Å². The molecule has 4 heterocycles. The number of sulfonamides is 2. The Morgan fingerprint density at radius 2 is 1.57 bits per heavy atom. The van der Waals surface area contributed by atoms with Crippen molar-refractivity contribution in [1.29, 1.82) is 0 Å². The van der Waals surface area contributed by atoms with Crippen molar-refractivity contribution in [2.75, 3.05) is 39.3 Å². The summed E-state index contributed by atoms with van der Waals surface area (Å²) in [6.07, 6.45) is 3.00. The van der Waals surface area contributed by atoms with Crippen LogP contribution in [0.1, 0.15) is 23.3 Å². The van der Waals surface area contributed by atoms with Crippen LogP contribution in [0.25, 0.3) is 0 Å². The topological polar surface area (TPSA) is 111 Å². The lowest BCUT2D eigenvalue weighted by Crippen LogP contribution is -2.50. The van der Waals surface area contributed by atoms with Gasteiger partial charge in [0, 0.05) is 45.5 Å². The summed E-state index contributed by atoms with van der Waals surface area (Å²) in [6, 6.07) is 4.37. The molecule has 0 bridgehead atoms. The van der Waals surface area contributed by atoms with E-state index in [1.165, 1.54) is 37.9 Å². The van der Waals surface area contributed by atoms with E-state index in [2.05, 4.69) is 4.98 Å². The van der Waals surface area contributed by atoms with Gasteiger partial charge in [-0.1, -0.05) is 11.6 Å². The van der Waals surface area contributed by atoms with E-state index in [1.54, 1.807) is 0 Å². The van der Waals surface area contributed by atoms with Crippen molar-refractivity contribution in [3.63, 3.8) is 0 Å². The highest BCUT2D eigenvalue weighted by Crippen LogP contribution is 2.29. The third kappa shape index (κ3) is 4.04. The third-order valence-electron chi connectivity index (χ3n) is 5.26. The number of H-pyrrole nitrogens is 1. The van der Waals surface area contributed by atoms with Gasteiger partial charge in [-0.25, -0.2) is 16.8 Å². The molecule has 2 aromatic heterocycles. The van der Waals surface area contributed by atoms with Gasteiger partial charge < -0.3 is 9.88 Å². The normalized spacial score (nSPS) is 19.4. The predicted molar refractivity (Wildman–Crippen MR) is 113 cm³/mol. The van der Waals surface area contributed by atoms with Gasteiger partial charge in [0.1, 0.15) is 14.8 Å². The zero-order chi connectivity index (χ0) is 21.5. The summed E-state index contributed by atoms with van der Waals surface area (Å²) in [5, 5.41) is 0. The number of rotatable bonds is 5. The van der Waals surface area contributed by atoms with Gasteiger partial charge in [0.2, 0.25) is 10.0 Å². The summed E-state index contributed by atoms with van der Waals surface area (Å²) < 4.78 is 54.0. The Bertz CT molecular complexity index is 1140. The van der Waals surface area contributed by atoms with Crippen LogP contribution in [-0.2, 0) is 20.0 Å². The number of hydrogen-bond donors (Lipinski definition) is 1. The maximum absolute atomic E-state index is 12.8. The summed E-state index contributed by atoms with van der Waals surface area (Å²) >= 11 is 6.84. The minimum Gasteiger partial charge on any atom is -0.356 e. The average Bonchev–Trinajstić information content (AvgIpc) is 3.48. The minimum atomic E-state index is -3.64. The summed E-state index contributed by atoms with van der Waals surface area (Å²) in [7, 11) is -7.25. The van der Waals surface area contributed by atoms with Gasteiger partial charge >= 0.3 is 0 Å². The Balaban J connectivity index is 1.42. The number of nitrogens with one attached hydrogen (secondary N) is 1. The number of carbonyl (C=O) groups excluding carboxylic acids is 1. The monoisotopic (exact) mass is 492 g/mol. The fourth-order valence-electron chi connectivity index (χ4n) is 3.59. The largest absolute Gasteiger partial charge is 0.356 e. The van der Waals surface area contributed by atoms with E-state index in [0.29, 0.717) is 17.4 Å². The first kappa shape index (κ1) is 21.8. The highest BCUT2D eigenvalue weighted by Gasteiger charge is 2.33. The number of hydrogen-bond acceptors (Lipinski definition) is 6. The Kier molecular flexibility index (Phi) is 5.99. The lowest BCUT2D eigenvalue weighted by atomic mass is 10.3. The molecule has 0 spiro atoms. The number of halogens is 1. The van der Waals surface area contributed by atoms with Crippen molar-refractivity contribution in [2.24, 2.45) is 0 Å². The van der Waals surface area contributed by atoms with Crippen molar-refractivity contribution in [1.82, 2.24) is 18.5 Å². The number of piperazine rings is 1. The first-order valence-corrected chi connectivity index (χ1v) is 13.5. The SMILES string of the molecule is O=C(c1cc(S(=O)(=O)N2CCCC2)c[nH]1)N1CCN(S(=O)(=O)c2ccc(Cl)s2)CC1. The minimum absolute atomic E-state index is 0.0727. The highest BCUT2D eigenvalue weighted by molar-refractivity contribution is 7.91. The summed E-state index contributed by atoms with van der Waals surface area (Å²) in [5.74, 6) is -0.353. The Morgan fingerprint density at radius 3 is 2.17 bits per heavy atom. The molecular weight excluding hydrogens is 472 g/mol. The van der Waals surface area contributed by atoms with Gasteiger partial charge in [-0.05, 0) is 31.0 Å². The number of aromatic nitrogens is 1. The first-order valence-electron chi connectivity index (χ1n) is 9.43. The van der Waals surface area contributed by atoms with Crippen molar-refractivity contribution < 1.29 is 21.6 Å². The number of amides is 1. The molecule has 9 nitrogen and oxygen atoms in total. The van der Waals surface area contributed by atoms with Crippen LogP contribution in [0.3, 0.4) is 0 Å². The molecule has 0 aliphatic carbocycles. The molecule has 4 rings (SSSR count). The molecule has 1 amide bonds. The second-order valence-electron chi connectivity index (χ2n) is 7.12. The van der Waals surface area contributed by atoms with E-state index < -0.39 is 20.0 Å². The summed E-state index contributed by atoms with van der Waals surface area (Å²) in [6.45, 7) is 1.71. The van der Waals surface area contributed by atoms with E-state index in [1.807, 2.05) is 0 Å². The molecule has 2 aliphatic rings. The molecule has 2 fully saturated rings. The maximum atomic E-state index is 12.8.